The fraction of sp³-hybridized carbons (Fsp3) is 0.190. The van der Waals surface area contributed by atoms with Crippen LogP contribution in [0.25, 0.3) is 10.9 Å². The van der Waals surface area contributed by atoms with E-state index in [1.165, 1.54) is 7.11 Å². The van der Waals surface area contributed by atoms with E-state index in [1.807, 2.05) is 36.4 Å². The highest BCUT2D eigenvalue weighted by Gasteiger charge is 2.35. The van der Waals surface area contributed by atoms with Gasteiger partial charge in [-0.3, -0.25) is 0 Å². The lowest BCUT2D eigenvalue weighted by atomic mass is 9.92. The second-order valence-corrected chi connectivity index (χ2v) is 7.08. The van der Waals surface area contributed by atoms with Gasteiger partial charge in [-0.15, -0.1) is 5.10 Å². The van der Waals surface area contributed by atoms with Gasteiger partial charge >= 0.3 is 5.97 Å². The topological polar surface area (TPSA) is 91.3 Å². The molecule has 8 heteroatoms. The van der Waals surface area contributed by atoms with E-state index >= 15 is 0 Å². The number of carbonyl (C=O) groups excluding carboxylic acids is 1. The molecule has 0 fully saturated rings. The van der Waals surface area contributed by atoms with Crippen LogP contribution < -0.4 is 9.47 Å². The Morgan fingerprint density at radius 1 is 1.21 bits per heavy atom. The van der Waals surface area contributed by atoms with E-state index in [0.29, 0.717) is 12.2 Å². The van der Waals surface area contributed by atoms with E-state index in [1.54, 1.807) is 4.68 Å². The van der Waals surface area contributed by atoms with Gasteiger partial charge in [0.15, 0.2) is 17.2 Å². The summed E-state index contributed by atoms with van der Waals surface area (Å²) in [5.41, 5.74) is 5.14. The van der Waals surface area contributed by atoms with Gasteiger partial charge in [-0.1, -0.05) is 29.5 Å². The molecule has 0 saturated carbocycles. The zero-order chi connectivity index (χ0) is 19.5. The monoisotopic (exact) mass is 388 g/mol. The molecule has 0 radical (unpaired) electrons. The number of methoxy groups -OCH3 is 1. The van der Waals surface area contributed by atoms with E-state index in [0.717, 1.165) is 39.2 Å². The highest BCUT2D eigenvalue weighted by atomic mass is 16.7. The lowest BCUT2D eigenvalue weighted by Gasteiger charge is -2.25. The Morgan fingerprint density at radius 3 is 2.97 bits per heavy atom. The molecule has 0 unspecified atom stereocenters. The number of esters is 1. The SMILES string of the molecule is COC(=O)c1nnn2c1Cc1c([nH]c3ccccc13)[C@H]2c1ccc2c(c1)OCO2. The maximum atomic E-state index is 12.3. The standard InChI is InChI=1S/C21H16N4O4/c1-27-21(26)19-15-9-13-12-4-2-3-5-14(12)22-18(13)20(25(15)24-23-19)11-6-7-16-17(8-11)29-10-28-16/h2-8,20,22H,9-10H2,1H3/t20-/m1/s1. The summed E-state index contributed by atoms with van der Waals surface area (Å²) in [5.74, 6) is 0.926. The van der Waals surface area contributed by atoms with Crippen molar-refractivity contribution in [3.8, 4) is 11.5 Å². The molecule has 8 nitrogen and oxygen atoms in total. The summed E-state index contributed by atoms with van der Waals surface area (Å²) in [6.45, 7) is 0.210. The fourth-order valence-corrected chi connectivity index (χ4v) is 4.27. The molecular weight excluding hydrogens is 372 g/mol. The average molecular weight is 388 g/mol. The van der Waals surface area contributed by atoms with E-state index in [9.17, 15) is 4.79 Å². The highest BCUT2D eigenvalue weighted by molar-refractivity contribution is 5.90. The van der Waals surface area contributed by atoms with Crippen LogP contribution in [0.1, 0.15) is 39.0 Å². The number of aromatic amines is 1. The Balaban J connectivity index is 1.61. The minimum absolute atomic E-state index is 0.210. The lowest BCUT2D eigenvalue weighted by molar-refractivity contribution is 0.0592. The van der Waals surface area contributed by atoms with Crippen molar-refractivity contribution in [1.29, 1.82) is 0 Å². The number of H-pyrrole nitrogens is 1. The van der Waals surface area contributed by atoms with Crippen LogP contribution in [-0.4, -0.2) is 39.8 Å². The smallest absolute Gasteiger partial charge is 0.360 e. The summed E-state index contributed by atoms with van der Waals surface area (Å²) in [6.07, 6.45) is 0.540. The van der Waals surface area contributed by atoms with Crippen molar-refractivity contribution < 1.29 is 19.0 Å². The summed E-state index contributed by atoms with van der Waals surface area (Å²) in [5, 5.41) is 9.57. The molecule has 4 aromatic rings. The van der Waals surface area contributed by atoms with E-state index < -0.39 is 5.97 Å². The lowest BCUT2D eigenvalue weighted by Crippen LogP contribution is -2.23. The molecule has 2 aliphatic heterocycles. The number of benzene rings is 2. The van der Waals surface area contributed by atoms with Crippen molar-refractivity contribution in [3.63, 3.8) is 0 Å². The first-order valence-electron chi connectivity index (χ1n) is 9.26. The number of aromatic nitrogens is 4. The number of hydrogen-bond acceptors (Lipinski definition) is 6. The van der Waals surface area contributed by atoms with E-state index in [4.69, 9.17) is 14.2 Å². The Kier molecular flexibility index (Phi) is 3.26. The van der Waals surface area contributed by atoms with Gasteiger partial charge in [0.1, 0.15) is 6.04 Å². The Bertz CT molecular complexity index is 1290. The predicted molar refractivity (Wildman–Crippen MR) is 102 cm³/mol. The molecule has 1 atom stereocenters. The first kappa shape index (κ1) is 16.2. The number of nitrogens with one attached hydrogen (secondary N) is 1. The molecule has 2 aliphatic rings. The molecule has 0 spiro atoms. The third-order valence-electron chi connectivity index (χ3n) is 5.59. The molecule has 0 amide bonds. The van der Waals surface area contributed by atoms with Gasteiger partial charge in [0.05, 0.1) is 12.8 Å². The number of nitrogens with zero attached hydrogens (tertiary/aromatic N) is 3. The van der Waals surface area contributed by atoms with Gasteiger partial charge in [0.2, 0.25) is 6.79 Å². The first-order valence-corrected chi connectivity index (χ1v) is 9.26. The zero-order valence-electron chi connectivity index (χ0n) is 15.5. The second kappa shape index (κ2) is 5.84. The van der Waals surface area contributed by atoms with Crippen LogP contribution in [0.4, 0.5) is 0 Å². The molecule has 0 bridgehead atoms. The van der Waals surface area contributed by atoms with Gasteiger partial charge in [0, 0.05) is 23.0 Å². The van der Waals surface area contributed by atoms with Crippen molar-refractivity contribution >= 4 is 16.9 Å². The number of carbonyl (C=O) groups is 1. The van der Waals surface area contributed by atoms with Crippen molar-refractivity contribution in [2.45, 2.75) is 12.5 Å². The molecule has 0 aliphatic carbocycles. The number of hydrogen-bond donors (Lipinski definition) is 1. The first-order chi connectivity index (χ1) is 14.2. The third kappa shape index (κ3) is 2.22. The van der Waals surface area contributed by atoms with Gasteiger partial charge in [-0.05, 0) is 29.3 Å². The highest BCUT2D eigenvalue weighted by Crippen LogP contribution is 2.42. The summed E-state index contributed by atoms with van der Waals surface area (Å²) >= 11 is 0. The van der Waals surface area contributed by atoms with Crippen LogP contribution in [0.3, 0.4) is 0 Å². The predicted octanol–water partition coefficient (Wildman–Crippen LogP) is 2.82. The molecule has 1 N–H and O–H groups in total. The van der Waals surface area contributed by atoms with Crippen LogP contribution in [-0.2, 0) is 11.2 Å². The molecule has 2 aromatic carbocycles. The normalized spacial score (nSPS) is 16.5. The number of para-hydroxylation sites is 1. The second-order valence-electron chi connectivity index (χ2n) is 7.08. The quantitative estimate of drug-likeness (QED) is 0.468. The fourth-order valence-electron chi connectivity index (χ4n) is 4.27. The minimum atomic E-state index is -0.487. The van der Waals surface area contributed by atoms with Crippen LogP contribution in [0.15, 0.2) is 42.5 Å². The molecule has 4 heterocycles. The van der Waals surface area contributed by atoms with Crippen molar-refractivity contribution in [2.75, 3.05) is 13.9 Å². The molecule has 0 saturated heterocycles. The minimum Gasteiger partial charge on any atom is -0.464 e. The van der Waals surface area contributed by atoms with Crippen molar-refractivity contribution in [3.05, 3.63) is 70.7 Å². The zero-order valence-corrected chi connectivity index (χ0v) is 15.5. The van der Waals surface area contributed by atoms with Gasteiger partial charge in [-0.2, -0.15) is 0 Å². The van der Waals surface area contributed by atoms with Gasteiger partial charge < -0.3 is 19.2 Å². The number of rotatable bonds is 2. The molecule has 2 aromatic heterocycles. The van der Waals surface area contributed by atoms with Crippen molar-refractivity contribution in [1.82, 2.24) is 20.0 Å². The van der Waals surface area contributed by atoms with Crippen LogP contribution in [0.2, 0.25) is 0 Å². The van der Waals surface area contributed by atoms with Crippen molar-refractivity contribution in [2.24, 2.45) is 0 Å². The van der Waals surface area contributed by atoms with Crippen LogP contribution >= 0.6 is 0 Å². The average Bonchev–Trinajstić information content (AvgIpc) is 3.47. The van der Waals surface area contributed by atoms with Crippen LogP contribution in [0.5, 0.6) is 11.5 Å². The Morgan fingerprint density at radius 2 is 2.07 bits per heavy atom. The summed E-state index contributed by atoms with van der Waals surface area (Å²) in [6, 6.07) is 13.7. The summed E-state index contributed by atoms with van der Waals surface area (Å²) in [7, 11) is 1.35. The van der Waals surface area contributed by atoms with Gasteiger partial charge in [-0.25, -0.2) is 9.48 Å². The maximum Gasteiger partial charge on any atom is 0.360 e. The van der Waals surface area contributed by atoms with Crippen LogP contribution in [0, 0.1) is 0 Å². The molecule has 144 valence electrons. The molecule has 29 heavy (non-hydrogen) atoms. The van der Waals surface area contributed by atoms with Gasteiger partial charge in [0.25, 0.3) is 0 Å². The summed E-state index contributed by atoms with van der Waals surface area (Å²) in [4.78, 5) is 15.8. The van der Waals surface area contributed by atoms with E-state index in [-0.39, 0.29) is 18.5 Å². The maximum absolute atomic E-state index is 12.3. The Labute approximate surface area is 165 Å². The molecular formula is C21H16N4O4. The third-order valence-corrected chi connectivity index (χ3v) is 5.59. The number of fused-ring (bicyclic) bond motifs is 5. The largest absolute Gasteiger partial charge is 0.464 e. The summed E-state index contributed by atoms with van der Waals surface area (Å²) < 4.78 is 17.7. The number of ether oxygens (including phenoxy) is 3. The molecule has 6 rings (SSSR count). The van der Waals surface area contributed by atoms with E-state index in [2.05, 4.69) is 21.4 Å². The Hall–Kier alpha value is -3.81.